The molecule has 0 N–H and O–H groups in total. The van der Waals surface area contributed by atoms with E-state index in [1.807, 2.05) is 0 Å². The number of benzene rings is 2. The highest BCUT2D eigenvalue weighted by Gasteiger charge is 2.19. The normalized spacial score (nSPS) is 13.1. The Labute approximate surface area is 152 Å². The van der Waals surface area contributed by atoms with Crippen LogP contribution in [0, 0.1) is 0 Å². The second-order valence-corrected chi connectivity index (χ2v) is 6.15. The molecule has 2 aromatic carbocycles. The van der Waals surface area contributed by atoms with Gasteiger partial charge in [0.2, 0.25) is 5.76 Å². The van der Waals surface area contributed by atoms with Crippen LogP contribution in [0.4, 0.5) is 0 Å². The molecular formula is C19H13ClO6. The second kappa shape index (κ2) is 6.82. The Morgan fingerprint density at radius 3 is 2.92 bits per heavy atom. The SMILES string of the molecule is O=C(OCc1cc(Cl)cc2c1OCOC2)c1cc(=O)c2ccccc2o1. The highest BCUT2D eigenvalue weighted by Crippen LogP contribution is 2.32. The molecule has 0 spiro atoms. The van der Waals surface area contributed by atoms with Crippen molar-refractivity contribution in [3.8, 4) is 5.75 Å². The minimum atomic E-state index is -0.742. The van der Waals surface area contributed by atoms with Crippen molar-refractivity contribution in [3.63, 3.8) is 0 Å². The summed E-state index contributed by atoms with van der Waals surface area (Å²) in [5, 5.41) is 0.891. The maximum atomic E-state index is 12.3. The number of para-hydroxylation sites is 1. The summed E-state index contributed by atoms with van der Waals surface area (Å²) in [6, 6.07) is 11.2. The Morgan fingerprint density at radius 2 is 2.04 bits per heavy atom. The molecule has 132 valence electrons. The van der Waals surface area contributed by atoms with Gasteiger partial charge < -0.3 is 18.6 Å². The lowest BCUT2D eigenvalue weighted by atomic mass is 10.1. The van der Waals surface area contributed by atoms with Crippen molar-refractivity contribution in [1.29, 1.82) is 0 Å². The second-order valence-electron chi connectivity index (χ2n) is 5.71. The van der Waals surface area contributed by atoms with Crippen molar-refractivity contribution >= 4 is 28.5 Å². The van der Waals surface area contributed by atoms with Crippen LogP contribution in [0.3, 0.4) is 0 Å². The van der Waals surface area contributed by atoms with E-state index >= 15 is 0 Å². The van der Waals surface area contributed by atoms with Crippen molar-refractivity contribution in [3.05, 3.63) is 74.6 Å². The number of fused-ring (bicyclic) bond motifs is 2. The van der Waals surface area contributed by atoms with E-state index in [0.29, 0.717) is 33.9 Å². The molecule has 4 rings (SSSR count). The van der Waals surface area contributed by atoms with Gasteiger partial charge in [0.1, 0.15) is 17.9 Å². The smallest absolute Gasteiger partial charge is 0.374 e. The fourth-order valence-corrected chi connectivity index (χ4v) is 3.05. The predicted molar refractivity (Wildman–Crippen MR) is 93.3 cm³/mol. The van der Waals surface area contributed by atoms with Crippen LogP contribution in [-0.4, -0.2) is 12.8 Å². The number of rotatable bonds is 3. The fraction of sp³-hybridized carbons (Fsp3) is 0.158. The average molecular weight is 373 g/mol. The van der Waals surface area contributed by atoms with Crippen molar-refractivity contribution in [2.45, 2.75) is 13.2 Å². The number of hydrogen-bond acceptors (Lipinski definition) is 6. The van der Waals surface area contributed by atoms with Crippen molar-refractivity contribution in [2.75, 3.05) is 6.79 Å². The Kier molecular flexibility index (Phi) is 4.36. The molecule has 0 fully saturated rings. The summed E-state index contributed by atoms with van der Waals surface area (Å²) >= 11 is 6.09. The number of carbonyl (C=O) groups excluding carboxylic acids is 1. The van der Waals surface area contributed by atoms with Gasteiger partial charge in [0.15, 0.2) is 12.2 Å². The molecule has 1 aliphatic heterocycles. The van der Waals surface area contributed by atoms with Crippen molar-refractivity contribution in [2.24, 2.45) is 0 Å². The molecule has 0 radical (unpaired) electrons. The number of carbonyl (C=O) groups is 1. The topological polar surface area (TPSA) is 75.0 Å². The maximum Gasteiger partial charge on any atom is 0.374 e. The van der Waals surface area contributed by atoms with Gasteiger partial charge in [0, 0.05) is 22.2 Å². The molecule has 0 atom stereocenters. The Hall–Kier alpha value is -2.83. The quantitative estimate of drug-likeness (QED) is 0.653. The summed E-state index contributed by atoms with van der Waals surface area (Å²) in [4.78, 5) is 24.4. The molecule has 0 saturated carbocycles. The van der Waals surface area contributed by atoms with Gasteiger partial charge in [-0.25, -0.2) is 4.79 Å². The summed E-state index contributed by atoms with van der Waals surface area (Å²) in [6.07, 6.45) is 0. The van der Waals surface area contributed by atoms with E-state index in [2.05, 4.69) is 0 Å². The Morgan fingerprint density at radius 1 is 1.19 bits per heavy atom. The zero-order chi connectivity index (χ0) is 18.1. The first-order valence-electron chi connectivity index (χ1n) is 7.83. The molecular weight excluding hydrogens is 360 g/mol. The van der Waals surface area contributed by atoms with Crippen LogP contribution in [0.25, 0.3) is 11.0 Å². The maximum absolute atomic E-state index is 12.3. The minimum Gasteiger partial charge on any atom is -0.467 e. The third kappa shape index (κ3) is 3.16. The van der Waals surface area contributed by atoms with E-state index < -0.39 is 5.97 Å². The molecule has 1 aromatic heterocycles. The van der Waals surface area contributed by atoms with Gasteiger partial charge in [0.25, 0.3) is 0 Å². The first-order chi connectivity index (χ1) is 12.6. The van der Waals surface area contributed by atoms with Crippen LogP contribution in [0.15, 0.2) is 51.7 Å². The van der Waals surface area contributed by atoms with E-state index in [4.69, 9.17) is 30.2 Å². The molecule has 2 heterocycles. The van der Waals surface area contributed by atoms with Crippen LogP contribution in [0.2, 0.25) is 5.02 Å². The van der Waals surface area contributed by atoms with E-state index in [9.17, 15) is 9.59 Å². The van der Waals surface area contributed by atoms with Crippen molar-refractivity contribution < 1.29 is 23.4 Å². The lowest BCUT2D eigenvalue weighted by molar-refractivity contribution is -0.0180. The predicted octanol–water partition coefficient (Wildman–Crippen LogP) is 3.67. The van der Waals surface area contributed by atoms with Crippen LogP contribution in [0.5, 0.6) is 5.75 Å². The molecule has 0 unspecified atom stereocenters. The van der Waals surface area contributed by atoms with E-state index in [1.54, 1.807) is 36.4 Å². The highest BCUT2D eigenvalue weighted by molar-refractivity contribution is 6.30. The third-order valence-corrected chi connectivity index (χ3v) is 4.16. The number of esters is 1. The van der Waals surface area contributed by atoms with Gasteiger partial charge >= 0.3 is 5.97 Å². The molecule has 1 aliphatic rings. The van der Waals surface area contributed by atoms with Gasteiger partial charge in [-0.05, 0) is 24.3 Å². The molecule has 26 heavy (non-hydrogen) atoms. The fourth-order valence-electron chi connectivity index (χ4n) is 2.78. The van der Waals surface area contributed by atoms with Gasteiger partial charge in [-0.15, -0.1) is 0 Å². The Bertz CT molecular complexity index is 1060. The zero-order valence-corrected chi connectivity index (χ0v) is 14.2. The average Bonchev–Trinajstić information content (AvgIpc) is 2.65. The van der Waals surface area contributed by atoms with Crippen LogP contribution in [0.1, 0.15) is 21.7 Å². The molecule has 0 aliphatic carbocycles. The highest BCUT2D eigenvalue weighted by atomic mass is 35.5. The van der Waals surface area contributed by atoms with Gasteiger partial charge in [-0.2, -0.15) is 0 Å². The molecule has 3 aromatic rings. The molecule has 0 saturated heterocycles. The summed E-state index contributed by atoms with van der Waals surface area (Å²) in [5.74, 6) is -0.309. The molecule has 0 amide bonds. The summed E-state index contributed by atoms with van der Waals surface area (Å²) in [7, 11) is 0. The standard InChI is InChI=1S/C19H13ClO6/c20-13-5-11-8-23-10-25-18(11)12(6-13)9-24-19(22)17-7-15(21)14-3-1-2-4-16(14)26-17/h1-7H,8-10H2. The van der Waals surface area contributed by atoms with E-state index in [-0.39, 0.29) is 24.6 Å². The first-order valence-corrected chi connectivity index (χ1v) is 8.21. The lowest BCUT2D eigenvalue weighted by Crippen LogP contribution is -2.15. The van der Waals surface area contributed by atoms with E-state index in [1.165, 1.54) is 0 Å². The van der Waals surface area contributed by atoms with Gasteiger partial charge in [-0.1, -0.05) is 23.7 Å². The summed E-state index contributed by atoms with van der Waals surface area (Å²) in [5.41, 5.74) is 1.42. The van der Waals surface area contributed by atoms with Crippen molar-refractivity contribution in [1.82, 2.24) is 0 Å². The summed E-state index contributed by atoms with van der Waals surface area (Å²) in [6.45, 7) is 0.420. The van der Waals surface area contributed by atoms with Crippen LogP contribution in [-0.2, 0) is 22.7 Å². The van der Waals surface area contributed by atoms with Crippen LogP contribution < -0.4 is 10.2 Å². The number of hydrogen-bond donors (Lipinski definition) is 0. The molecule has 0 bridgehead atoms. The molecule has 7 heteroatoms. The lowest BCUT2D eigenvalue weighted by Gasteiger charge is -2.21. The number of ether oxygens (including phenoxy) is 3. The number of halogens is 1. The van der Waals surface area contributed by atoms with Gasteiger partial charge in [0.05, 0.1) is 12.0 Å². The van der Waals surface area contributed by atoms with Crippen LogP contribution >= 0.6 is 11.6 Å². The third-order valence-electron chi connectivity index (χ3n) is 3.95. The van der Waals surface area contributed by atoms with Gasteiger partial charge in [-0.3, -0.25) is 4.79 Å². The minimum absolute atomic E-state index is 0.0712. The zero-order valence-electron chi connectivity index (χ0n) is 13.5. The summed E-state index contributed by atoms with van der Waals surface area (Å²) < 4.78 is 21.5. The molecule has 6 nitrogen and oxygen atoms in total. The largest absolute Gasteiger partial charge is 0.467 e. The van der Waals surface area contributed by atoms with E-state index in [0.717, 1.165) is 11.6 Å². The first kappa shape index (κ1) is 16.6. The Balaban J connectivity index is 1.58. The monoisotopic (exact) mass is 372 g/mol.